The van der Waals surface area contributed by atoms with E-state index in [1.165, 1.54) is 11.6 Å². The molecule has 0 fully saturated rings. The molecule has 0 unspecified atom stereocenters. The first kappa shape index (κ1) is 12.6. The van der Waals surface area contributed by atoms with Crippen molar-refractivity contribution in [3.8, 4) is 0 Å². The summed E-state index contributed by atoms with van der Waals surface area (Å²) in [6.07, 6.45) is 0.865. The number of anilines is 2. The smallest absolute Gasteiger partial charge is 0.146 e. The Kier molecular flexibility index (Phi) is 3.95. The zero-order valence-corrected chi connectivity index (χ0v) is 10.4. The molecule has 2 nitrogen and oxygen atoms in total. The molecule has 0 bridgehead atoms. The molecule has 0 saturated heterocycles. The Labute approximate surface area is 107 Å². The molecule has 0 aliphatic heterocycles. The number of rotatable bonds is 4. The minimum Gasteiger partial charge on any atom is -0.342 e. The van der Waals surface area contributed by atoms with E-state index in [0.29, 0.717) is 12.2 Å². The fourth-order valence-electron chi connectivity index (χ4n) is 1.92. The molecule has 2 aromatic rings. The predicted molar refractivity (Wildman–Crippen MR) is 73.7 cm³/mol. The molecule has 0 saturated carbocycles. The lowest BCUT2D eigenvalue weighted by Gasteiger charge is -2.20. The van der Waals surface area contributed by atoms with E-state index in [0.717, 1.165) is 12.1 Å². The average Bonchev–Trinajstić information content (AvgIpc) is 2.40. The van der Waals surface area contributed by atoms with Crippen molar-refractivity contribution < 1.29 is 4.39 Å². The van der Waals surface area contributed by atoms with Gasteiger partial charge in [0.1, 0.15) is 5.82 Å². The Morgan fingerprint density at radius 2 is 1.72 bits per heavy atom. The number of para-hydroxylation sites is 1. The normalized spacial score (nSPS) is 10.4. The van der Waals surface area contributed by atoms with E-state index in [2.05, 4.69) is 0 Å². The van der Waals surface area contributed by atoms with Crippen LogP contribution in [0.2, 0.25) is 0 Å². The Balaban J connectivity index is 2.23. The van der Waals surface area contributed by atoms with Crippen LogP contribution < -0.4 is 10.6 Å². The molecular weight excluding hydrogens is 227 g/mol. The van der Waals surface area contributed by atoms with Crippen LogP contribution in [0.4, 0.5) is 15.8 Å². The van der Waals surface area contributed by atoms with Gasteiger partial charge in [-0.25, -0.2) is 4.39 Å². The molecule has 0 radical (unpaired) electrons. The molecule has 3 heteroatoms. The van der Waals surface area contributed by atoms with E-state index in [1.54, 1.807) is 12.1 Å². The van der Waals surface area contributed by atoms with Crippen LogP contribution >= 0.6 is 0 Å². The molecule has 0 aliphatic rings. The van der Waals surface area contributed by atoms with E-state index in [4.69, 9.17) is 5.73 Å². The number of nitrogens with two attached hydrogens (primary N) is 1. The Morgan fingerprint density at radius 1 is 1.06 bits per heavy atom. The quantitative estimate of drug-likeness (QED) is 0.895. The van der Waals surface area contributed by atoms with Gasteiger partial charge in [-0.15, -0.1) is 0 Å². The van der Waals surface area contributed by atoms with Crippen molar-refractivity contribution >= 4 is 11.4 Å². The summed E-state index contributed by atoms with van der Waals surface area (Å²) >= 11 is 0. The van der Waals surface area contributed by atoms with Gasteiger partial charge in [0.05, 0.1) is 5.69 Å². The number of nitrogens with zero attached hydrogens (tertiary/aromatic N) is 1. The van der Waals surface area contributed by atoms with Crippen LogP contribution in [0.5, 0.6) is 0 Å². The van der Waals surface area contributed by atoms with Gasteiger partial charge >= 0.3 is 0 Å². The fraction of sp³-hybridized carbons (Fsp3) is 0.200. The summed E-state index contributed by atoms with van der Waals surface area (Å²) in [7, 11) is 1.86. The van der Waals surface area contributed by atoms with E-state index in [1.807, 2.05) is 42.3 Å². The van der Waals surface area contributed by atoms with Gasteiger partial charge in [0, 0.05) is 12.7 Å². The second-order valence-corrected chi connectivity index (χ2v) is 4.22. The van der Waals surface area contributed by atoms with Crippen LogP contribution in [0, 0.1) is 5.82 Å². The molecule has 94 valence electrons. The maximum atomic E-state index is 13.7. The van der Waals surface area contributed by atoms with Crippen molar-refractivity contribution in [2.24, 2.45) is 5.73 Å². The Bertz CT molecular complexity index is 508. The van der Waals surface area contributed by atoms with Crippen molar-refractivity contribution in [3.05, 3.63) is 59.9 Å². The second kappa shape index (κ2) is 5.65. The molecule has 2 N–H and O–H groups in total. The van der Waals surface area contributed by atoms with Crippen molar-refractivity contribution in [3.63, 3.8) is 0 Å². The highest BCUT2D eigenvalue weighted by molar-refractivity contribution is 5.63. The largest absolute Gasteiger partial charge is 0.342 e. The van der Waals surface area contributed by atoms with Crippen LogP contribution in [-0.2, 0) is 6.42 Å². The first-order chi connectivity index (χ1) is 8.72. The topological polar surface area (TPSA) is 29.3 Å². The molecule has 0 atom stereocenters. The monoisotopic (exact) mass is 244 g/mol. The SMILES string of the molecule is CN(c1ccc(CCN)cc1)c1ccccc1F. The van der Waals surface area contributed by atoms with Gasteiger partial charge in [0.25, 0.3) is 0 Å². The van der Waals surface area contributed by atoms with E-state index in [9.17, 15) is 4.39 Å². The summed E-state index contributed by atoms with van der Waals surface area (Å²) in [4.78, 5) is 1.83. The minimum atomic E-state index is -0.217. The maximum Gasteiger partial charge on any atom is 0.146 e. The van der Waals surface area contributed by atoms with Crippen LogP contribution in [-0.4, -0.2) is 13.6 Å². The summed E-state index contributed by atoms with van der Waals surface area (Å²) in [5.74, 6) is -0.217. The molecule has 18 heavy (non-hydrogen) atoms. The van der Waals surface area contributed by atoms with Crippen LogP contribution in [0.1, 0.15) is 5.56 Å². The van der Waals surface area contributed by atoms with E-state index >= 15 is 0 Å². The lowest BCUT2D eigenvalue weighted by Crippen LogP contribution is -2.11. The summed E-state index contributed by atoms with van der Waals surface area (Å²) in [6.45, 7) is 0.641. The molecular formula is C15H17FN2. The molecule has 0 amide bonds. The Hall–Kier alpha value is -1.87. The summed E-state index contributed by atoms with van der Waals surface area (Å²) < 4.78 is 13.7. The molecule has 2 aromatic carbocycles. The van der Waals surface area contributed by atoms with Crippen molar-refractivity contribution in [2.75, 3.05) is 18.5 Å². The third-order valence-electron chi connectivity index (χ3n) is 2.97. The maximum absolute atomic E-state index is 13.7. The highest BCUT2D eigenvalue weighted by Crippen LogP contribution is 2.25. The fourth-order valence-corrected chi connectivity index (χ4v) is 1.92. The third-order valence-corrected chi connectivity index (χ3v) is 2.97. The number of hydrogen-bond acceptors (Lipinski definition) is 2. The summed E-state index contributed by atoms with van der Waals surface area (Å²) in [5, 5.41) is 0. The summed E-state index contributed by atoms with van der Waals surface area (Å²) in [6, 6.07) is 14.8. The lowest BCUT2D eigenvalue weighted by atomic mass is 10.1. The number of hydrogen-bond donors (Lipinski definition) is 1. The first-order valence-electron chi connectivity index (χ1n) is 5.99. The van der Waals surface area contributed by atoms with Crippen LogP contribution in [0.15, 0.2) is 48.5 Å². The molecule has 2 rings (SSSR count). The van der Waals surface area contributed by atoms with E-state index in [-0.39, 0.29) is 5.82 Å². The van der Waals surface area contributed by atoms with Gasteiger partial charge < -0.3 is 10.6 Å². The standard InChI is InChI=1S/C15H17FN2/c1-18(15-5-3-2-4-14(15)16)13-8-6-12(7-9-13)10-11-17/h2-9H,10-11,17H2,1H3. The van der Waals surface area contributed by atoms with Gasteiger partial charge in [0.15, 0.2) is 0 Å². The zero-order valence-electron chi connectivity index (χ0n) is 10.4. The highest BCUT2D eigenvalue weighted by atomic mass is 19.1. The second-order valence-electron chi connectivity index (χ2n) is 4.22. The molecule has 0 spiro atoms. The van der Waals surface area contributed by atoms with Gasteiger partial charge in [-0.3, -0.25) is 0 Å². The number of halogens is 1. The third kappa shape index (κ3) is 2.68. The summed E-state index contributed by atoms with van der Waals surface area (Å²) in [5.41, 5.74) is 8.24. The van der Waals surface area contributed by atoms with Gasteiger partial charge in [0.2, 0.25) is 0 Å². The van der Waals surface area contributed by atoms with E-state index < -0.39 is 0 Å². The number of benzene rings is 2. The lowest BCUT2D eigenvalue weighted by molar-refractivity contribution is 0.627. The van der Waals surface area contributed by atoms with Crippen molar-refractivity contribution in [1.29, 1.82) is 0 Å². The zero-order chi connectivity index (χ0) is 13.0. The van der Waals surface area contributed by atoms with Gasteiger partial charge in [-0.05, 0) is 42.8 Å². The highest BCUT2D eigenvalue weighted by Gasteiger charge is 2.08. The minimum absolute atomic E-state index is 0.217. The van der Waals surface area contributed by atoms with Crippen molar-refractivity contribution in [2.45, 2.75) is 6.42 Å². The van der Waals surface area contributed by atoms with Crippen LogP contribution in [0.25, 0.3) is 0 Å². The van der Waals surface area contributed by atoms with Gasteiger partial charge in [-0.2, -0.15) is 0 Å². The first-order valence-corrected chi connectivity index (χ1v) is 5.99. The van der Waals surface area contributed by atoms with Crippen LogP contribution in [0.3, 0.4) is 0 Å². The Morgan fingerprint density at radius 3 is 2.33 bits per heavy atom. The molecule has 0 aliphatic carbocycles. The predicted octanol–water partition coefficient (Wildman–Crippen LogP) is 3.09. The van der Waals surface area contributed by atoms with Gasteiger partial charge in [-0.1, -0.05) is 24.3 Å². The molecule has 0 heterocycles. The van der Waals surface area contributed by atoms with Crippen molar-refractivity contribution in [1.82, 2.24) is 0 Å². The molecule has 0 aromatic heterocycles. The average molecular weight is 244 g/mol.